The molecule has 0 aromatic heterocycles. The van der Waals surface area contributed by atoms with Gasteiger partial charge in [-0.1, -0.05) is 80.4 Å². The van der Waals surface area contributed by atoms with Crippen LogP contribution in [-0.2, 0) is 0 Å². The summed E-state index contributed by atoms with van der Waals surface area (Å²) in [4.78, 5) is 0. The highest BCUT2D eigenvalue weighted by atomic mass is 16.5. The molecule has 3 aromatic rings. The maximum atomic E-state index is 6.17. The molecule has 0 spiro atoms. The van der Waals surface area contributed by atoms with E-state index in [1.165, 1.54) is 0 Å². The maximum Gasteiger partial charge on any atom is 0.126 e. The molecule has 0 saturated heterocycles. The minimum Gasteiger partial charge on any atom is -0.489 e. The van der Waals surface area contributed by atoms with Gasteiger partial charge in [-0.3, -0.25) is 0 Å². The molecule has 0 saturated carbocycles. The van der Waals surface area contributed by atoms with Crippen LogP contribution in [0.15, 0.2) is 92.6 Å². The third-order valence-corrected chi connectivity index (χ3v) is 5.68. The van der Waals surface area contributed by atoms with Crippen molar-refractivity contribution in [3.63, 3.8) is 0 Å². The summed E-state index contributed by atoms with van der Waals surface area (Å²) in [6.45, 7) is 18.9. The minimum absolute atomic E-state index is 0.0287. The fraction of sp³-hybridized carbons (Fsp3) is 0.226. The van der Waals surface area contributed by atoms with E-state index in [-0.39, 0.29) is 5.92 Å². The lowest BCUT2D eigenvalue weighted by atomic mass is 9.82. The van der Waals surface area contributed by atoms with E-state index in [2.05, 4.69) is 83.0 Å². The van der Waals surface area contributed by atoms with Crippen molar-refractivity contribution in [1.29, 1.82) is 0 Å². The van der Waals surface area contributed by atoms with Crippen LogP contribution in [0.3, 0.4) is 0 Å². The fourth-order valence-electron chi connectivity index (χ4n) is 4.12. The third-order valence-electron chi connectivity index (χ3n) is 5.68. The summed E-state index contributed by atoms with van der Waals surface area (Å²) in [7, 11) is 0. The first kappa shape index (κ1) is 24.9. The Balaban J connectivity index is 2.16. The standard InChI is InChI=1S/C31H34O3/c1-7-17-32-28-15-13-25(20-23(28)5)30(26-14-16-29(24(6)21-26)33-18-8-2)27-12-10-11-22(4)31(27)34-19-9-3/h7-16,20-21,30H,1-3,17-19H2,4-6H3. The average Bonchev–Trinajstić information content (AvgIpc) is 2.83. The van der Waals surface area contributed by atoms with Gasteiger partial charge >= 0.3 is 0 Å². The number of hydrogen-bond acceptors (Lipinski definition) is 3. The van der Waals surface area contributed by atoms with Gasteiger partial charge in [0.25, 0.3) is 0 Å². The highest BCUT2D eigenvalue weighted by Crippen LogP contribution is 2.41. The minimum atomic E-state index is -0.0287. The summed E-state index contributed by atoms with van der Waals surface area (Å²) in [5.74, 6) is 2.58. The van der Waals surface area contributed by atoms with Gasteiger partial charge in [0, 0.05) is 11.5 Å². The number of rotatable bonds is 12. The lowest BCUT2D eigenvalue weighted by Gasteiger charge is -2.24. The molecule has 0 bridgehead atoms. The lowest BCUT2D eigenvalue weighted by molar-refractivity contribution is 0.355. The van der Waals surface area contributed by atoms with E-state index in [0.717, 1.165) is 50.6 Å². The molecule has 0 N–H and O–H groups in total. The van der Waals surface area contributed by atoms with Gasteiger partial charge in [-0.2, -0.15) is 0 Å². The van der Waals surface area contributed by atoms with E-state index in [9.17, 15) is 0 Å². The molecule has 0 heterocycles. The zero-order valence-corrected chi connectivity index (χ0v) is 20.5. The van der Waals surface area contributed by atoms with Crippen molar-refractivity contribution < 1.29 is 14.2 Å². The van der Waals surface area contributed by atoms with E-state index in [1.807, 2.05) is 12.1 Å². The molecule has 3 aromatic carbocycles. The van der Waals surface area contributed by atoms with Crippen LogP contribution in [0.5, 0.6) is 17.2 Å². The number of aryl methyl sites for hydroxylation is 3. The highest BCUT2D eigenvalue weighted by molar-refractivity contribution is 5.55. The molecule has 3 nitrogen and oxygen atoms in total. The highest BCUT2D eigenvalue weighted by Gasteiger charge is 2.23. The Hall–Kier alpha value is -3.72. The van der Waals surface area contributed by atoms with Gasteiger partial charge in [-0.05, 0) is 60.7 Å². The first-order valence-corrected chi connectivity index (χ1v) is 11.5. The van der Waals surface area contributed by atoms with Crippen LogP contribution >= 0.6 is 0 Å². The van der Waals surface area contributed by atoms with Gasteiger partial charge in [0.05, 0.1) is 0 Å². The second kappa shape index (κ2) is 11.9. The van der Waals surface area contributed by atoms with Crippen LogP contribution < -0.4 is 14.2 Å². The zero-order valence-electron chi connectivity index (χ0n) is 20.5. The third kappa shape index (κ3) is 5.79. The number of hydrogen-bond donors (Lipinski definition) is 0. The second-order valence-electron chi connectivity index (χ2n) is 8.28. The summed E-state index contributed by atoms with van der Waals surface area (Å²) in [5, 5.41) is 0. The molecule has 0 unspecified atom stereocenters. The Morgan fingerprint density at radius 1 is 0.647 bits per heavy atom. The van der Waals surface area contributed by atoms with Crippen molar-refractivity contribution >= 4 is 0 Å². The van der Waals surface area contributed by atoms with Crippen molar-refractivity contribution in [3.8, 4) is 17.2 Å². The first-order chi connectivity index (χ1) is 16.5. The van der Waals surface area contributed by atoms with E-state index >= 15 is 0 Å². The second-order valence-corrected chi connectivity index (χ2v) is 8.28. The summed E-state index contributed by atoms with van der Waals surface area (Å²) < 4.78 is 17.8. The van der Waals surface area contributed by atoms with Gasteiger partial charge < -0.3 is 14.2 Å². The van der Waals surface area contributed by atoms with Crippen LogP contribution in [0, 0.1) is 20.8 Å². The van der Waals surface area contributed by atoms with Crippen molar-refractivity contribution in [2.45, 2.75) is 26.7 Å². The van der Waals surface area contributed by atoms with Gasteiger partial charge in [0.2, 0.25) is 0 Å². The number of ether oxygens (including phenoxy) is 3. The SMILES string of the molecule is C=CCOc1ccc(C(c2ccc(OCC=C)c(C)c2)c2cccc(C)c2OCC=C)cc1C. The Bertz CT molecular complexity index is 1100. The molecule has 3 rings (SSSR count). The Kier molecular flexibility index (Phi) is 8.75. The van der Waals surface area contributed by atoms with Crippen LogP contribution in [0.1, 0.15) is 39.3 Å². The molecule has 176 valence electrons. The van der Waals surface area contributed by atoms with E-state index in [1.54, 1.807) is 18.2 Å². The summed E-state index contributed by atoms with van der Waals surface area (Å²) >= 11 is 0. The Labute approximate surface area is 204 Å². The summed E-state index contributed by atoms with van der Waals surface area (Å²) in [6, 6.07) is 19.0. The largest absolute Gasteiger partial charge is 0.489 e. The molecule has 0 amide bonds. The summed E-state index contributed by atoms with van der Waals surface area (Å²) in [5.41, 5.74) is 6.68. The fourth-order valence-corrected chi connectivity index (χ4v) is 4.12. The first-order valence-electron chi connectivity index (χ1n) is 11.5. The average molecular weight is 455 g/mol. The molecule has 0 radical (unpaired) electrons. The molecular formula is C31H34O3. The molecular weight excluding hydrogens is 420 g/mol. The normalized spacial score (nSPS) is 10.6. The number of para-hydroxylation sites is 1. The van der Waals surface area contributed by atoms with Crippen molar-refractivity contribution in [2.75, 3.05) is 19.8 Å². The Morgan fingerprint density at radius 3 is 1.62 bits per heavy atom. The monoisotopic (exact) mass is 454 g/mol. The van der Waals surface area contributed by atoms with Gasteiger partial charge in [-0.25, -0.2) is 0 Å². The maximum absolute atomic E-state index is 6.17. The van der Waals surface area contributed by atoms with Crippen molar-refractivity contribution in [3.05, 3.63) is 126 Å². The lowest BCUT2D eigenvalue weighted by Crippen LogP contribution is -2.09. The van der Waals surface area contributed by atoms with Crippen LogP contribution in [-0.4, -0.2) is 19.8 Å². The predicted molar refractivity (Wildman–Crippen MR) is 142 cm³/mol. The zero-order chi connectivity index (χ0) is 24.5. The molecule has 0 aliphatic carbocycles. The van der Waals surface area contributed by atoms with Gasteiger partial charge in [0.1, 0.15) is 37.1 Å². The molecule has 0 aliphatic heterocycles. The molecule has 0 aliphatic rings. The quantitative estimate of drug-likeness (QED) is 0.210. The molecule has 3 heteroatoms. The van der Waals surface area contributed by atoms with E-state index in [0.29, 0.717) is 19.8 Å². The summed E-state index contributed by atoms with van der Waals surface area (Å²) in [6.07, 6.45) is 5.28. The van der Waals surface area contributed by atoms with Crippen LogP contribution in [0.25, 0.3) is 0 Å². The van der Waals surface area contributed by atoms with Crippen molar-refractivity contribution in [1.82, 2.24) is 0 Å². The Morgan fingerprint density at radius 2 is 1.15 bits per heavy atom. The molecule has 0 atom stereocenters. The molecule has 34 heavy (non-hydrogen) atoms. The van der Waals surface area contributed by atoms with E-state index < -0.39 is 0 Å². The molecule has 0 fully saturated rings. The van der Waals surface area contributed by atoms with Crippen LogP contribution in [0.2, 0.25) is 0 Å². The van der Waals surface area contributed by atoms with Gasteiger partial charge in [0.15, 0.2) is 0 Å². The predicted octanol–water partition coefficient (Wildman–Crippen LogP) is 7.49. The van der Waals surface area contributed by atoms with Crippen LogP contribution in [0.4, 0.5) is 0 Å². The van der Waals surface area contributed by atoms with E-state index in [4.69, 9.17) is 14.2 Å². The van der Waals surface area contributed by atoms with Crippen molar-refractivity contribution in [2.24, 2.45) is 0 Å². The smallest absolute Gasteiger partial charge is 0.126 e. The topological polar surface area (TPSA) is 27.7 Å². The van der Waals surface area contributed by atoms with Gasteiger partial charge in [-0.15, -0.1) is 0 Å². The number of benzene rings is 3.